The summed E-state index contributed by atoms with van der Waals surface area (Å²) in [6.45, 7) is 0.263. The van der Waals surface area contributed by atoms with Crippen LogP contribution in [-0.4, -0.2) is 12.7 Å². The lowest BCUT2D eigenvalue weighted by Crippen LogP contribution is -2.15. The van der Waals surface area contributed by atoms with E-state index in [1.807, 2.05) is 23.6 Å². The fraction of sp³-hybridized carbons (Fsp3) is 0.250. The Bertz CT molecular complexity index is 650. The van der Waals surface area contributed by atoms with Crippen LogP contribution in [-0.2, 0) is 4.74 Å². The minimum Gasteiger partial charge on any atom is -0.485 e. The monoisotopic (exact) mass is 316 g/mol. The van der Waals surface area contributed by atoms with Crippen molar-refractivity contribution in [2.75, 3.05) is 6.61 Å². The number of ether oxygens (including phenoxy) is 2. The number of nitriles is 1. The first-order valence-corrected chi connectivity index (χ1v) is 7.69. The summed E-state index contributed by atoms with van der Waals surface area (Å²) in [5.41, 5.74) is 5.49. The van der Waals surface area contributed by atoms with Crippen LogP contribution in [0.15, 0.2) is 41.8 Å². The first-order valence-electron chi connectivity index (χ1n) is 6.81. The van der Waals surface area contributed by atoms with Gasteiger partial charge < -0.3 is 15.2 Å². The van der Waals surface area contributed by atoms with Crippen molar-refractivity contribution in [3.8, 4) is 11.8 Å². The summed E-state index contributed by atoms with van der Waals surface area (Å²) in [7, 11) is 0. The van der Waals surface area contributed by atoms with Gasteiger partial charge in [0.25, 0.3) is 0 Å². The highest BCUT2D eigenvalue weighted by Crippen LogP contribution is 2.29. The Kier molecular flexibility index (Phi) is 5.81. The molecule has 114 valence electrons. The van der Waals surface area contributed by atoms with Gasteiger partial charge in [-0.3, -0.25) is 0 Å². The number of benzene rings is 1. The third kappa shape index (κ3) is 4.79. The van der Waals surface area contributed by atoms with E-state index >= 15 is 0 Å². The SMILES string of the molecule is N#Cc1cccc(OC(CCCOC(N)=O)c2cccs2)c1. The normalized spacial score (nSPS) is 11.4. The Balaban J connectivity index is 2.01. The van der Waals surface area contributed by atoms with Crippen molar-refractivity contribution in [1.29, 1.82) is 5.26 Å². The van der Waals surface area contributed by atoms with Crippen LogP contribution in [0.3, 0.4) is 0 Å². The summed E-state index contributed by atoms with van der Waals surface area (Å²) >= 11 is 1.60. The maximum Gasteiger partial charge on any atom is 0.404 e. The van der Waals surface area contributed by atoms with E-state index < -0.39 is 6.09 Å². The molecule has 1 heterocycles. The smallest absolute Gasteiger partial charge is 0.404 e. The summed E-state index contributed by atoms with van der Waals surface area (Å²) in [6.07, 6.45) is 0.411. The number of thiophene rings is 1. The van der Waals surface area contributed by atoms with Crippen molar-refractivity contribution in [2.24, 2.45) is 5.73 Å². The standard InChI is InChI=1S/C16H16N2O3S/c17-11-12-4-1-5-13(10-12)21-14(15-7-3-9-22-15)6-2-8-20-16(18)19/h1,3-5,7,9-10,14H,2,6,8H2,(H2,18,19). The Hall–Kier alpha value is -2.52. The van der Waals surface area contributed by atoms with E-state index in [0.29, 0.717) is 24.2 Å². The summed E-state index contributed by atoms with van der Waals surface area (Å²) in [4.78, 5) is 11.7. The van der Waals surface area contributed by atoms with Gasteiger partial charge >= 0.3 is 6.09 Å². The van der Waals surface area contributed by atoms with Crippen molar-refractivity contribution in [3.63, 3.8) is 0 Å². The Morgan fingerprint density at radius 3 is 2.91 bits per heavy atom. The highest BCUT2D eigenvalue weighted by Gasteiger charge is 2.15. The van der Waals surface area contributed by atoms with Gasteiger partial charge in [0.05, 0.1) is 18.2 Å². The molecule has 2 N–H and O–H groups in total. The van der Waals surface area contributed by atoms with E-state index in [1.54, 1.807) is 29.5 Å². The van der Waals surface area contributed by atoms with Gasteiger partial charge in [-0.25, -0.2) is 4.79 Å². The number of carbonyl (C=O) groups is 1. The minimum absolute atomic E-state index is 0.148. The molecule has 1 unspecified atom stereocenters. The van der Waals surface area contributed by atoms with Crippen LogP contribution in [0, 0.1) is 11.3 Å². The average molecular weight is 316 g/mol. The van der Waals surface area contributed by atoms with Gasteiger partial charge in [0, 0.05) is 4.88 Å². The van der Waals surface area contributed by atoms with Gasteiger partial charge in [-0.1, -0.05) is 12.1 Å². The molecule has 0 spiro atoms. The number of nitrogens with two attached hydrogens (primary N) is 1. The van der Waals surface area contributed by atoms with Crippen LogP contribution in [0.5, 0.6) is 5.75 Å². The van der Waals surface area contributed by atoms with Crippen LogP contribution < -0.4 is 10.5 Å². The lowest BCUT2D eigenvalue weighted by Gasteiger charge is -2.18. The van der Waals surface area contributed by atoms with Crippen LogP contribution in [0.1, 0.15) is 29.4 Å². The van der Waals surface area contributed by atoms with Gasteiger partial charge in [-0.2, -0.15) is 5.26 Å². The molecular weight excluding hydrogens is 300 g/mol. The van der Waals surface area contributed by atoms with Crippen LogP contribution >= 0.6 is 11.3 Å². The maximum atomic E-state index is 10.6. The third-order valence-corrected chi connectivity index (χ3v) is 3.92. The number of amides is 1. The molecule has 0 radical (unpaired) electrons. The fourth-order valence-electron chi connectivity index (χ4n) is 1.98. The number of rotatable bonds is 7. The summed E-state index contributed by atoms with van der Waals surface area (Å²) in [6, 6.07) is 13.1. The van der Waals surface area contributed by atoms with Crippen molar-refractivity contribution >= 4 is 17.4 Å². The van der Waals surface area contributed by atoms with Gasteiger partial charge in [0.2, 0.25) is 0 Å². The molecule has 2 aromatic rings. The second-order valence-corrected chi connectivity index (χ2v) is 5.55. The molecule has 5 nitrogen and oxygen atoms in total. The fourth-order valence-corrected chi connectivity index (χ4v) is 2.77. The summed E-state index contributed by atoms with van der Waals surface area (Å²) < 4.78 is 10.7. The third-order valence-electron chi connectivity index (χ3n) is 2.96. The van der Waals surface area contributed by atoms with E-state index in [1.165, 1.54) is 0 Å². The van der Waals surface area contributed by atoms with Crippen LogP contribution in [0.25, 0.3) is 0 Å². The van der Waals surface area contributed by atoms with Crippen molar-refractivity contribution in [3.05, 3.63) is 52.2 Å². The molecule has 2 rings (SSSR count). The molecule has 1 amide bonds. The molecule has 1 aromatic carbocycles. The molecule has 0 aliphatic heterocycles. The average Bonchev–Trinajstić information content (AvgIpc) is 3.04. The lowest BCUT2D eigenvalue weighted by atomic mass is 10.1. The zero-order valence-electron chi connectivity index (χ0n) is 11.9. The molecule has 0 aliphatic carbocycles. The van der Waals surface area contributed by atoms with Crippen LogP contribution in [0.4, 0.5) is 4.79 Å². The summed E-state index contributed by atoms with van der Waals surface area (Å²) in [5, 5.41) is 10.9. The highest BCUT2D eigenvalue weighted by atomic mass is 32.1. The van der Waals surface area contributed by atoms with E-state index in [2.05, 4.69) is 6.07 Å². The minimum atomic E-state index is -0.768. The van der Waals surface area contributed by atoms with E-state index in [4.69, 9.17) is 20.5 Å². The molecule has 0 aliphatic rings. The lowest BCUT2D eigenvalue weighted by molar-refractivity contribution is 0.141. The van der Waals surface area contributed by atoms with Gasteiger partial charge in [-0.15, -0.1) is 11.3 Å². The zero-order chi connectivity index (χ0) is 15.8. The highest BCUT2D eigenvalue weighted by molar-refractivity contribution is 7.10. The zero-order valence-corrected chi connectivity index (χ0v) is 12.7. The Labute approximate surface area is 132 Å². The number of carbonyl (C=O) groups excluding carboxylic acids is 1. The molecule has 0 saturated carbocycles. The van der Waals surface area contributed by atoms with Crippen LogP contribution in [0.2, 0.25) is 0 Å². The first kappa shape index (κ1) is 15.9. The Morgan fingerprint density at radius 1 is 1.36 bits per heavy atom. The number of primary amides is 1. The molecule has 0 bridgehead atoms. The first-order chi connectivity index (χ1) is 10.7. The number of nitrogens with zero attached hydrogens (tertiary/aromatic N) is 1. The number of hydrogen-bond acceptors (Lipinski definition) is 5. The molecule has 22 heavy (non-hydrogen) atoms. The second-order valence-electron chi connectivity index (χ2n) is 4.57. The second kappa shape index (κ2) is 8.05. The van der Waals surface area contributed by atoms with Gasteiger partial charge in [0.1, 0.15) is 11.9 Å². The molecule has 1 atom stereocenters. The van der Waals surface area contributed by atoms with Crippen molar-refractivity contribution in [1.82, 2.24) is 0 Å². The van der Waals surface area contributed by atoms with E-state index in [0.717, 1.165) is 4.88 Å². The molecule has 0 fully saturated rings. The van der Waals surface area contributed by atoms with Gasteiger partial charge in [-0.05, 0) is 42.5 Å². The van der Waals surface area contributed by atoms with Crippen molar-refractivity contribution < 1.29 is 14.3 Å². The molecule has 6 heteroatoms. The molecular formula is C16H16N2O3S. The predicted octanol–water partition coefficient (Wildman–Crippen LogP) is 3.62. The van der Waals surface area contributed by atoms with Gasteiger partial charge in [0.15, 0.2) is 0 Å². The molecule has 0 saturated heterocycles. The molecule has 1 aromatic heterocycles. The topological polar surface area (TPSA) is 85.3 Å². The van der Waals surface area contributed by atoms with E-state index in [-0.39, 0.29) is 12.7 Å². The Morgan fingerprint density at radius 2 is 2.23 bits per heavy atom. The summed E-state index contributed by atoms with van der Waals surface area (Å²) in [5.74, 6) is 0.647. The van der Waals surface area contributed by atoms with Crippen molar-refractivity contribution in [2.45, 2.75) is 18.9 Å². The van der Waals surface area contributed by atoms with E-state index in [9.17, 15) is 4.79 Å². The maximum absolute atomic E-state index is 10.6. The largest absolute Gasteiger partial charge is 0.485 e. The predicted molar refractivity (Wildman–Crippen MR) is 83.6 cm³/mol. The number of hydrogen-bond donors (Lipinski definition) is 1. The quantitative estimate of drug-likeness (QED) is 0.791.